The van der Waals surface area contributed by atoms with Gasteiger partial charge in [0.1, 0.15) is 4.83 Å². The topological polar surface area (TPSA) is 83.0 Å². The Bertz CT molecular complexity index is 1110. The molecular weight excluding hydrogens is 420 g/mol. The molecule has 0 unspecified atom stereocenters. The molecule has 0 radical (unpaired) electrons. The maximum absolute atomic E-state index is 13.4. The fourth-order valence-electron chi connectivity index (χ4n) is 3.63. The lowest BCUT2D eigenvalue weighted by Gasteiger charge is -2.14. The second-order valence-electron chi connectivity index (χ2n) is 8.70. The first kappa shape index (κ1) is 21.5. The predicted molar refractivity (Wildman–Crippen MR) is 120 cm³/mol. The van der Waals surface area contributed by atoms with Crippen molar-refractivity contribution in [2.45, 2.75) is 75.7 Å². The van der Waals surface area contributed by atoms with Crippen LogP contribution >= 0.6 is 23.1 Å². The molecule has 3 heterocycles. The van der Waals surface area contributed by atoms with Crippen molar-refractivity contribution in [1.82, 2.24) is 19.7 Å². The number of thioether (sulfide) groups is 1. The zero-order valence-electron chi connectivity index (χ0n) is 18.2. The molecule has 7 nitrogen and oxygen atoms in total. The molecule has 3 aromatic heterocycles. The summed E-state index contributed by atoms with van der Waals surface area (Å²) in [4.78, 5) is 25.1. The van der Waals surface area contributed by atoms with Gasteiger partial charge in [0.15, 0.2) is 11.0 Å². The monoisotopic (exact) mass is 448 g/mol. The molecule has 1 aliphatic rings. The summed E-state index contributed by atoms with van der Waals surface area (Å²) in [6.07, 6.45) is 3.91. The lowest BCUT2D eigenvalue weighted by Crippen LogP contribution is -2.24. The average molecular weight is 449 g/mol. The Morgan fingerprint density at radius 2 is 2.10 bits per heavy atom. The Labute approximate surface area is 184 Å². The number of aryl methyl sites for hydroxylation is 2. The number of nitrogens with zero attached hydrogens (tertiary/aromatic N) is 4. The zero-order valence-corrected chi connectivity index (χ0v) is 19.8. The molecule has 4 rings (SSSR count). The van der Waals surface area contributed by atoms with E-state index in [0.29, 0.717) is 30.0 Å². The molecule has 0 fully saturated rings. The lowest BCUT2D eigenvalue weighted by molar-refractivity contribution is 0.189. The fraction of sp³-hybridized carbons (Fsp3) is 0.619. The van der Waals surface area contributed by atoms with E-state index in [1.165, 1.54) is 22.2 Å². The van der Waals surface area contributed by atoms with Crippen molar-refractivity contribution in [2.24, 2.45) is 0 Å². The number of thiophene rings is 1. The first-order valence-electron chi connectivity index (χ1n) is 10.3. The molecule has 9 heteroatoms. The minimum atomic E-state index is -0.178. The molecule has 0 N–H and O–H groups in total. The van der Waals surface area contributed by atoms with Gasteiger partial charge in [0.2, 0.25) is 5.89 Å². The SMILES string of the molecule is COCCCn1c(S[C@@H](C)c2nc(C(C)(C)C)no2)nc2sc3c(c2c1=O)CCC3. The summed E-state index contributed by atoms with van der Waals surface area (Å²) in [6.45, 7) is 9.35. The minimum absolute atomic E-state index is 0.0612. The average Bonchev–Trinajstić information content (AvgIpc) is 3.38. The highest BCUT2D eigenvalue weighted by atomic mass is 32.2. The number of aromatic nitrogens is 4. The number of fused-ring (bicyclic) bond motifs is 3. The van der Waals surface area contributed by atoms with Crippen LogP contribution in [-0.4, -0.2) is 33.4 Å². The van der Waals surface area contributed by atoms with Gasteiger partial charge in [-0.25, -0.2) is 4.98 Å². The third-order valence-electron chi connectivity index (χ3n) is 5.26. The van der Waals surface area contributed by atoms with Crippen LogP contribution in [0, 0.1) is 0 Å². The van der Waals surface area contributed by atoms with Crippen molar-refractivity contribution in [3.8, 4) is 0 Å². The number of rotatable bonds is 7. The Balaban J connectivity index is 1.70. The molecule has 0 aromatic carbocycles. The van der Waals surface area contributed by atoms with Crippen molar-refractivity contribution in [1.29, 1.82) is 0 Å². The Hall–Kier alpha value is -1.71. The predicted octanol–water partition coefficient (Wildman–Crippen LogP) is 4.52. The van der Waals surface area contributed by atoms with Gasteiger partial charge in [-0.1, -0.05) is 37.7 Å². The molecular formula is C21H28N4O3S2. The van der Waals surface area contributed by atoms with Gasteiger partial charge >= 0.3 is 0 Å². The molecule has 162 valence electrons. The highest BCUT2D eigenvalue weighted by Crippen LogP contribution is 2.38. The summed E-state index contributed by atoms with van der Waals surface area (Å²) in [5.41, 5.74) is 1.10. The molecule has 1 aliphatic carbocycles. The van der Waals surface area contributed by atoms with Crippen LogP contribution in [-0.2, 0) is 29.5 Å². The third kappa shape index (κ3) is 4.07. The Kier molecular flexibility index (Phi) is 6.05. The summed E-state index contributed by atoms with van der Waals surface area (Å²) in [5, 5.41) is 5.53. The van der Waals surface area contributed by atoms with E-state index in [2.05, 4.69) is 30.9 Å². The van der Waals surface area contributed by atoms with Crippen LogP contribution in [0.4, 0.5) is 0 Å². The van der Waals surface area contributed by atoms with E-state index in [1.807, 2.05) is 6.92 Å². The largest absolute Gasteiger partial charge is 0.385 e. The van der Waals surface area contributed by atoms with Gasteiger partial charge in [-0.15, -0.1) is 11.3 Å². The summed E-state index contributed by atoms with van der Waals surface area (Å²) >= 11 is 3.16. The van der Waals surface area contributed by atoms with E-state index >= 15 is 0 Å². The van der Waals surface area contributed by atoms with Gasteiger partial charge in [0.05, 0.1) is 10.6 Å². The number of ether oxygens (including phenoxy) is 1. The number of methoxy groups -OCH3 is 1. The summed E-state index contributed by atoms with van der Waals surface area (Å²) in [7, 11) is 1.68. The van der Waals surface area contributed by atoms with Gasteiger partial charge < -0.3 is 9.26 Å². The maximum atomic E-state index is 13.4. The first-order valence-corrected chi connectivity index (χ1v) is 12.0. The Morgan fingerprint density at radius 3 is 2.80 bits per heavy atom. The first-order chi connectivity index (χ1) is 14.3. The fourth-order valence-corrected chi connectivity index (χ4v) is 5.89. The van der Waals surface area contributed by atoms with Gasteiger partial charge in [-0.3, -0.25) is 9.36 Å². The molecule has 0 aliphatic heterocycles. The van der Waals surface area contributed by atoms with Crippen molar-refractivity contribution < 1.29 is 9.26 Å². The van der Waals surface area contributed by atoms with E-state index in [4.69, 9.17) is 14.2 Å². The minimum Gasteiger partial charge on any atom is -0.385 e. The molecule has 1 atom stereocenters. The number of hydrogen-bond acceptors (Lipinski definition) is 8. The van der Waals surface area contributed by atoms with Crippen LogP contribution < -0.4 is 5.56 Å². The maximum Gasteiger partial charge on any atom is 0.263 e. The molecule has 0 amide bonds. The molecule has 0 saturated carbocycles. The van der Waals surface area contributed by atoms with Gasteiger partial charge in [0, 0.05) is 30.6 Å². The zero-order chi connectivity index (χ0) is 21.5. The van der Waals surface area contributed by atoms with Crippen LogP contribution in [0.1, 0.15) is 67.9 Å². The normalized spacial score (nSPS) is 15.1. The summed E-state index contributed by atoms with van der Waals surface area (Å²) < 4.78 is 12.5. The molecule has 0 bridgehead atoms. The van der Waals surface area contributed by atoms with Crippen LogP contribution in [0.2, 0.25) is 0 Å². The van der Waals surface area contributed by atoms with Crippen molar-refractivity contribution in [3.05, 3.63) is 32.5 Å². The van der Waals surface area contributed by atoms with Gasteiger partial charge in [0.25, 0.3) is 5.56 Å². The lowest BCUT2D eigenvalue weighted by atomic mass is 9.96. The quantitative estimate of drug-likeness (QED) is 0.299. The highest BCUT2D eigenvalue weighted by molar-refractivity contribution is 7.99. The summed E-state index contributed by atoms with van der Waals surface area (Å²) in [6, 6.07) is 0. The summed E-state index contributed by atoms with van der Waals surface area (Å²) in [5.74, 6) is 1.23. The highest BCUT2D eigenvalue weighted by Gasteiger charge is 2.27. The molecule has 0 saturated heterocycles. The van der Waals surface area contributed by atoms with Crippen LogP contribution in [0.15, 0.2) is 14.5 Å². The van der Waals surface area contributed by atoms with Crippen LogP contribution in [0.3, 0.4) is 0 Å². The van der Waals surface area contributed by atoms with Crippen molar-refractivity contribution in [3.63, 3.8) is 0 Å². The smallest absolute Gasteiger partial charge is 0.263 e. The molecule has 0 spiro atoms. The molecule has 3 aromatic rings. The van der Waals surface area contributed by atoms with Gasteiger partial charge in [-0.2, -0.15) is 4.98 Å². The van der Waals surface area contributed by atoms with E-state index in [9.17, 15) is 4.79 Å². The second-order valence-corrected chi connectivity index (χ2v) is 11.1. The number of hydrogen-bond donors (Lipinski definition) is 0. The van der Waals surface area contributed by atoms with E-state index in [-0.39, 0.29) is 16.2 Å². The third-order valence-corrected chi connectivity index (χ3v) is 7.53. The second kappa shape index (κ2) is 8.43. The van der Waals surface area contributed by atoms with Crippen LogP contribution in [0.5, 0.6) is 0 Å². The van der Waals surface area contributed by atoms with Crippen LogP contribution in [0.25, 0.3) is 10.2 Å². The van der Waals surface area contributed by atoms with E-state index in [1.54, 1.807) is 23.0 Å². The van der Waals surface area contributed by atoms with E-state index < -0.39 is 0 Å². The molecule has 30 heavy (non-hydrogen) atoms. The van der Waals surface area contributed by atoms with E-state index in [0.717, 1.165) is 35.9 Å². The standard InChI is InChI=1S/C21H28N4O3S2/c1-12(16-22-19(24-28-16)21(2,3)4)29-20-23-17-15(13-8-6-9-14(13)30-17)18(26)25(20)10-7-11-27-5/h12H,6-11H2,1-5H3/t12-/m0/s1. The van der Waals surface area contributed by atoms with Gasteiger partial charge in [-0.05, 0) is 38.2 Å². The van der Waals surface area contributed by atoms with Crippen molar-refractivity contribution in [2.75, 3.05) is 13.7 Å². The Morgan fingerprint density at radius 1 is 1.30 bits per heavy atom. The van der Waals surface area contributed by atoms with Crippen molar-refractivity contribution >= 4 is 33.3 Å².